The lowest BCUT2D eigenvalue weighted by Gasteiger charge is -2.23. The lowest BCUT2D eigenvalue weighted by atomic mass is 9.95. The molecule has 1 N–H and O–H groups in total. The number of carbonyl (C=O) groups excluding carboxylic acids is 2. The number of aliphatic hydroxyl groups excluding tert-OH is 1. The van der Waals surface area contributed by atoms with Gasteiger partial charge in [0.2, 0.25) is 0 Å². The molecule has 1 aromatic heterocycles. The number of thiazole rings is 1. The molecule has 1 amide bonds. The van der Waals surface area contributed by atoms with Crippen LogP contribution in [0, 0.1) is 19.7 Å². The molecule has 0 bridgehead atoms. The van der Waals surface area contributed by atoms with Gasteiger partial charge in [0.1, 0.15) is 17.3 Å². The zero-order valence-electron chi connectivity index (χ0n) is 19.2. The van der Waals surface area contributed by atoms with E-state index < -0.39 is 23.5 Å². The Labute approximate surface area is 204 Å². The predicted molar refractivity (Wildman–Crippen MR) is 133 cm³/mol. The number of rotatable bonds is 4. The first-order valence-corrected chi connectivity index (χ1v) is 11.7. The van der Waals surface area contributed by atoms with Gasteiger partial charge in [-0.2, -0.15) is 0 Å². The largest absolute Gasteiger partial charge is 0.507 e. The van der Waals surface area contributed by atoms with Gasteiger partial charge in [-0.1, -0.05) is 41.7 Å². The van der Waals surface area contributed by atoms with Crippen molar-refractivity contribution in [2.75, 3.05) is 12.0 Å². The average molecular weight is 489 g/mol. The first kappa shape index (κ1) is 22.7. The number of aryl methyl sites for hydroxylation is 2. The number of fused-ring (bicyclic) bond motifs is 1. The number of halogens is 1. The summed E-state index contributed by atoms with van der Waals surface area (Å²) in [5.74, 6) is -1.96. The molecule has 0 aliphatic carbocycles. The molecular weight excluding hydrogens is 467 g/mol. The number of carbonyl (C=O) groups is 2. The maximum absolute atomic E-state index is 13.7. The number of ketones is 1. The molecule has 1 aliphatic heterocycles. The van der Waals surface area contributed by atoms with Crippen LogP contribution in [-0.2, 0) is 9.59 Å². The van der Waals surface area contributed by atoms with Gasteiger partial charge >= 0.3 is 5.91 Å². The van der Waals surface area contributed by atoms with Crippen LogP contribution in [0.1, 0.15) is 28.3 Å². The second kappa shape index (κ2) is 8.63. The quantitative estimate of drug-likeness (QED) is 0.227. The number of anilines is 1. The maximum Gasteiger partial charge on any atom is 0.301 e. The number of hydrogen-bond donors (Lipinski definition) is 1. The van der Waals surface area contributed by atoms with Crippen molar-refractivity contribution in [1.82, 2.24) is 4.98 Å². The molecule has 6 nitrogen and oxygen atoms in total. The van der Waals surface area contributed by atoms with Gasteiger partial charge in [-0.15, -0.1) is 0 Å². The van der Waals surface area contributed by atoms with E-state index in [1.165, 1.54) is 47.6 Å². The second-order valence-electron chi connectivity index (χ2n) is 8.38. The summed E-state index contributed by atoms with van der Waals surface area (Å²) in [7, 11) is 1.49. The van der Waals surface area contributed by atoms with E-state index >= 15 is 0 Å². The molecule has 2 heterocycles. The topological polar surface area (TPSA) is 79.7 Å². The van der Waals surface area contributed by atoms with Crippen molar-refractivity contribution >= 4 is 44.1 Å². The minimum Gasteiger partial charge on any atom is -0.507 e. The molecule has 8 heteroatoms. The van der Waals surface area contributed by atoms with Crippen molar-refractivity contribution in [2.45, 2.75) is 19.9 Å². The predicted octanol–water partition coefficient (Wildman–Crippen LogP) is 5.69. The third-order valence-electron chi connectivity index (χ3n) is 6.00. The van der Waals surface area contributed by atoms with E-state index in [1.54, 1.807) is 24.3 Å². The van der Waals surface area contributed by atoms with E-state index in [2.05, 4.69) is 4.98 Å². The Kier molecular flexibility index (Phi) is 5.61. The minimum atomic E-state index is -0.983. The maximum atomic E-state index is 13.7. The molecule has 0 unspecified atom stereocenters. The van der Waals surface area contributed by atoms with Gasteiger partial charge in [0.25, 0.3) is 5.78 Å². The number of methoxy groups -OCH3 is 1. The average Bonchev–Trinajstić information content (AvgIpc) is 3.38. The lowest BCUT2D eigenvalue weighted by molar-refractivity contribution is -0.132. The Morgan fingerprint density at radius 1 is 1.09 bits per heavy atom. The fourth-order valence-electron chi connectivity index (χ4n) is 4.38. The number of hydrogen-bond acceptors (Lipinski definition) is 6. The Bertz CT molecular complexity index is 1520. The van der Waals surface area contributed by atoms with Crippen LogP contribution in [-0.4, -0.2) is 28.9 Å². The van der Waals surface area contributed by atoms with Crippen LogP contribution in [0.4, 0.5) is 9.52 Å². The molecule has 1 aliphatic rings. The van der Waals surface area contributed by atoms with Gasteiger partial charge in [-0.05, 0) is 60.9 Å². The number of benzene rings is 3. The Hall–Kier alpha value is -4.04. The van der Waals surface area contributed by atoms with Crippen LogP contribution >= 0.6 is 11.3 Å². The number of nitrogens with zero attached hydrogens (tertiary/aromatic N) is 2. The van der Waals surface area contributed by atoms with Gasteiger partial charge in [0, 0.05) is 5.56 Å². The molecule has 4 aromatic rings. The van der Waals surface area contributed by atoms with Gasteiger partial charge in [-0.25, -0.2) is 9.37 Å². The van der Waals surface area contributed by atoms with E-state index in [4.69, 9.17) is 4.74 Å². The van der Waals surface area contributed by atoms with Crippen LogP contribution in [0.5, 0.6) is 5.75 Å². The number of amides is 1. The van der Waals surface area contributed by atoms with E-state index in [-0.39, 0.29) is 11.3 Å². The van der Waals surface area contributed by atoms with E-state index in [0.717, 1.165) is 21.3 Å². The highest BCUT2D eigenvalue weighted by atomic mass is 32.1. The normalized spacial score (nSPS) is 17.4. The standard InChI is InChI=1S/C27H21FN2O4S/c1-14-11-15(2)22-20(12-14)35-27(29-22)30-23(16-7-9-18(28)10-8-16)21(25(32)26(30)33)24(31)17-5-4-6-19(13-17)34-3/h4-13,23,31H,1-3H3/t23-/m0/s1. The SMILES string of the molecule is COc1cccc(C(O)=C2C(=O)C(=O)N(c3nc4c(C)cc(C)cc4s3)[C@H]2c2ccc(F)cc2)c1. The third kappa shape index (κ3) is 3.85. The second-order valence-corrected chi connectivity index (χ2v) is 9.39. The number of aromatic nitrogens is 1. The summed E-state index contributed by atoms with van der Waals surface area (Å²) in [5, 5.41) is 11.6. The number of Topliss-reactive ketones (excluding diaryl/α,β-unsaturated/α-hetero) is 1. The molecule has 1 atom stereocenters. The molecule has 176 valence electrons. The highest BCUT2D eigenvalue weighted by Crippen LogP contribution is 2.44. The molecular formula is C27H21FN2O4S. The summed E-state index contributed by atoms with van der Waals surface area (Å²) in [4.78, 5) is 32.6. The molecule has 0 saturated carbocycles. The Morgan fingerprint density at radius 3 is 2.54 bits per heavy atom. The van der Waals surface area contributed by atoms with E-state index in [1.807, 2.05) is 26.0 Å². The number of aliphatic hydroxyl groups is 1. The van der Waals surface area contributed by atoms with Crippen LogP contribution in [0.2, 0.25) is 0 Å². The van der Waals surface area contributed by atoms with E-state index in [9.17, 15) is 19.1 Å². The Balaban J connectivity index is 1.74. The molecule has 1 fully saturated rings. The lowest BCUT2D eigenvalue weighted by Crippen LogP contribution is -2.29. The summed E-state index contributed by atoms with van der Waals surface area (Å²) < 4.78 is 19.9. The minimum absolute atomic E-state index is 0.0954. The van der Waals surface area contributed by atoms with Gasteiger partial charge in [0.15, 0.2) is 5.13 Å². The molecule has 0 radical (unpaired) electrons. The Morgan fingerprint density at radius 2 is 1.83 bits per heavy atom. The first-order valence-electron chi connectivity index (χ1n) is 10.9. The zero-order valence-corrected chi connectivity index (χ0v) is 20.0. The highest BCUT2D eigenvalue weighted by molar-refractivity contribution is 7.22. The van der Waals surface area contributed by atoms with Crippen LogP contribution in [0.15, 0.2) is 66.2 Å². The fourth-order valence-corrected chi connectivity index (χ4v) is 5.55. The number of ether oxygens (including phenoxy) is 1. The first-order chi connectivity index (χ1) is 16.8. The van der Waals surface area contributed by atoms with Gasteiger partial charge in [0.05, 0.1) is 28.9 Å². The molecule has 0 spiro atoms. The fraction of sp³-hybridized carbons (Fsp3) is 0.148. The van der Waals surface area contributed by atoms with Crippen molar-refractivity contribution in [2.24, 2.45) is 0 Å². The molecule has 1 saturated heterocycles. The monoisotopic (exact) mass is 488 g/mol. The summed E-state index contributed by atoms with van der Waals surface area (Å²) in [6.45, 7) is 3.91. The van der Waals surface area contributed by atoms with E-state index in [0.29, 0.717) is 22.0 Å². The van der Waals surface area contributed by atoms with Gasteiger partial charge < -0.3 is 9.84 Å². The van der Waals surface area contributed by atoms with Crippen molar-refractivity contribution in [3.8, 4) is 5.75 Å². The highest BCUT2D eigenvalue weighted by Gasteiger charge is 2.48. The summed E-state index contributed by atoms with van der Waals surface area (Å²) >= 11 is 1.29. The van der Waals surface area contributed by atoms with Crippen molar-refractivity contribution in [3.05, 3.63) is 94.3 Å². The molecule has 35 heavy (non-hydrogen) atoms. The molecule has 5 rings (SSSR count). The zero-order chi connectivity index (χ0) is 24.9. The summed E-state index contributed by atoms with van der Waals surface area (Å²) in [6, 6.07) is 15.1. The van der Waals surface area contributed by atoms with Gasteiger partial charge in [-0.3, -0.25) is 14.5 Å². The van der Waals surface area contributed by atoms with Crippen molar-refractivity contribution in [3.63, 3.8) is 0 Å². The summed E-state index contributed by atoms with van der Waals surface area (Å²) in [6.07, 6.45) is 0. The third-order valence-corrected chi connectivity index (χ3v) is 7.00. The van der Waals surface area contributed by atoms with Crippen LogP contribution < -0.4 is 9.64 Å². The van der Waals surface area contributed by atoms with Crippen molar-refractivity contribution < 1.29 is 23.8 Å². The van der Waals surface area contributed by atoms with Crippen LogP contribution in [0.25, 0.3) is 16.0 Å². The summed E-state index contributed by atoms with van der Waals surface area (Å²) in [5.41, 5.74) is 3.45. The molecule has 3 aromatic carbocycles. The van der Waals surface area contributed by atoms with Crippen LogP contribution in [0.3, 0.4) is 0 Å². The van der Waals surface area contributed by atoms with Crippen molar-refractivity contribution in [1.29, 1.82) is 0 Å². The smallest absolute Gasteiger partial charge is 0.301 e.